The molecule has 0 spiro atoms. The molecule has 1 N–H and O–H groups in total. The van der Waals surface area contributed by atoms with E-state index in [-0.39, 0.29) is 12.0 Å². The van der Waals surface area contributed by atoms with Crippen LogP contribution >= 0.6 is 11.6 Å². The molecule has 0 bridgehead atoms. The van der Waals surface area contributed by atoms with Gasteiger partial charge in [0.1, 0.15) is 0 Å². The van der Waals surface area contributed by atoms with Gasteiger partial charge < -0.3 is 14.6 Å². The van der Waals surface area contributed by atoms with Crippen LogP contribution < -0.4 is 0 Å². The number of fused-ring (bicyclic) bond motifs is 1. The van der Waals surface area contributed by atoms with Crippen molar-refractivity contribution in [2.75, 3.05) is 13.1 Å². The zero-order valence-electron chi connectivity index (χ0n) is 11.1. The van der Waals surface area contributed by atoms with Crippen molar-refractivity contribution < 1.29 is 9.90 Å². The van der Waals surface area contributed by atoms with E-state index in [1.807, 2.05) is 30.5 Å². The molecule has 1 aromatic heterocycles. The molecule has 1 aliphatic heterocycles. The number of carbonyl (C=O) groups excluding carboxylic acids is 1. The zero-order valence-corrected chi connectivity index (χ0v) is 11.9. The summed E-state index contributed by atoms with van der Waals surface area (Å²) in [6.45, 7) is 1.79. The summed E-state index contributed by atoms with van der Waals surface area (Å²) in [7, 11) is 0. The Morgan fingerprint density at radius 2 is 2.25 bits per heavy atom. The lowest BCUT2D eigenvalue weighted by atomic mass is 10.2. The first-order valence-corrected chi connectivity index (χ1v) is 7.21. The number of amides is 1. The summed E-state index contributed by atoms with van der Waals surface area (Å²) in [5.41, 5.74) is 1.09. The molecule has 1 saturated heterocycles. The molecule has 0 aliphatic carbocycles. The van der Waals surface area contributed by atoms with Gasteiger partial charge in [-0.1, -0.05) is 11.6 Å². The molecule has 1 amide bonds. The number of aryl methyl sites for hydroxylation is 1. The fraction of sp³-hybridized carbons (Fsp3) is 0.400. The number of rotatable bonds is 3. The van der Waals surface area contributed by atoms with Crippen LogP contribution in [0.1, 0.15) is 12.8 Å². The number of benzene rings is 1. The quantitative estimate of drug-likeness (QED) is 0.943. The van der Waals surface area contributed by atoms with Gasteiger partial charge in [0.05, 0.1) is 6.10 Å². The van der Waals surface area contributed by atoms with Crippen LogP contribution in [-0.4, -0.2) is 39.7 Å². The Morgan fingerprint density at radius 3 is 3.00 bits per heavy atom. The van der Waals surface area contributed by atoms with Crippen molar-refractivity contribution in [1.29, 1.82) is 0 Å². The Balaban J connectivity index is 1.66. The van der Waals surface area contributed by atoms with E-state index >= 15 is 0 Å². The highest BCUT2D eigenvalue weighted by Crippen LogP contribution is 2.21. The summed E-state index contributed by atoms with van der Waals surface area (Å²) in [4.78, 5) is 13.8. The van der Waals surface area contributed by atoms with Crippen molar-refractivity contribution in [3.05, 3.63) is 35.5 Å². The molecule has 5 heteroatoms. The van der Waals surface area contributed by atoms with E-state index in [0.717, 1.165) is 15.9 Å². The number of hydrogen-bond donors (Lipinski definition) is 1. The Labute approximate surface area is 122 Å². The van der Waals surface area contributed by atoms with Crippen LogP contribution in [0.25, 0.3) is 10.9 Å². The lowest BCUT2D eigenvalue weighted by molar-refractivity contribution is -0.130. The van der Waals surface area contributed by atoms with Gasteiger partial charge in [0.2, 0.25) is 5.91 Å². The average Bonchev–Trinajstić information content (AvgIpc) is 3.02. The Morgan fingerprint density at radius 1 is 1.40 bits per heavy atom. The Kier molecular flexibility index (Phi) is 3.68. The number of β-amino-alcohol motifs (C(OH)–C–C–N with tert-alkyl or cyclic N) is 1. The van der Waals surface area contributed by atoms with Crippen molar-refractivity contribution in [3.8, 4) is 0 Å². The van der Waals surface area contributed by atoms with Gasteiger partial charge in [0.15, 0.2) is 0 Å². The normalized spacial score (nSPS) is 18.9. The maximum absolute atomic E-state index is 12.1. The number of aliphatic hydroxyl groups excluding tert-OH is 1. The molecule has 20 heavy (non-hydrogen) atoms. The van der Waals surface area contributed by atoms with Crippen LogP contribution in [-0.2, 0) is 11.3 Å². The van der Waals surface area contributed by atoms with Crippen molar-refractivity contribution in [2.24, 2.45) is 0 Å². The van der Waals surface area contributed by atoms with Crippen molar-refractivity contribution >= 4 is 28.4 Å². The Bertz CT molecular complexity index is 638. The highest BCUT2D eigenvalue weighted by molar-refractivity contribution is 6.31. The van der Waals surface area contributed by atoms with E-state index in [4.69, 9.17) is 11.6 Å². The summed E-state index contributed by atoms with van der Waals surface area (Å²) < 4.78 is 2.07. The number of aliphatic hydroxyl groups is 1. The third-order valence-corrected chi connectivity index (χ3v) is 4.05. The molecule has 1 aliphatic rings. The average molecular weight is 293 g/mol. The van der Waals surface area contributed by atoms with Gasteiger partial charge in [-0.2, -0.15) is 0 Å². The second kappa shape index (κ2) is 5.46. The Hall–Kier alpha value is -1.52. The summed E-state index contributed by atoms with van der Waals surface area (Å²) >= 11 is 5.96. The van der Waals surface area contributed by atoms with E-state index in [2.05, 4.69) is 4.57 Å². The number of nitrogens with zero attached hydrogens (tertiary/aromatic N) is 2. The summed E-state index contributed by atoms with van der Waals surface area (Å²) in [5, 5.41) is 11.3. The minimum atomic E-state index is -0.353. The van der Waals surface area contributed by atoms with E-state index in [1.54, 1.807) is 4.90 Å². The monoisotopic (exact) mass is 292 g/mol. The van der Waals surface area contributed by atoms with Crippen molar-refractivity contribution in [3.63, 3.8) is 0 Å². The fourth-order valence-electron chi connectivity index (χ4n) is 2.71. The van der Waals surface area contributed by atoms with E-state index < -0.39 is 0 Å². The molecule has 1 fully saturated rings. The molecule has 1 aromatic carbocycles. The molecule has 0 saturated carbocycles. The third kappa shape index (κ3) is 2.67. The number of aromatic nitrogens is 1. The number of likely N-dealkylation sites (tertiary alicyclic amines) is 1. The highest BCUT2D eigenvalue weighted by Gasteiger charge is 2.24. The third-order valence-electron chi connectivity index (χ3n) is 3.82. The van der Waals surface area contributed by atoms with Crippen LogP contribution in [0.4, 0.5) is 0 Å². The molecule has 106 valence electrons. The molecule has 2 aromatic rings. The van der Waals surface area contributed by atoms with Crippen molar-refractivity contribution in [1.82, 2.24) is 9.47 Å². The first kappa shape index (κ1) is 13.5. The molecule has 4 nitrogen and oxygen atoms in total. The van der Waals surface area contributed by atoms with Crippen molar-refractivity contribution in [2.45, 2.75) is 25.5 Å². The van der Waals surface area contributed by atoms with Gasteiger partial charge in [-0.3, -0.25) is 4.79 Å². The van der Waals surface area contributed by atoms with Gasteiger partial charge in [-0.05, 0) is 30.7 Å². The standard InChI is InChI=1S/C15H17ClN2O2/c16-12-1-2-14-11(9-12)3-6-17(14)8-5-15(20)18-7-4-13(19)10-18/h1-3,6,9,13,19H,4-5,7-8,10H2/t13-/m1/s1. The smallest absolute Gasteiger partial charge is 0.224 e. The molecule has 0 radical (unpaired) electrons. The molecule has 2 heterocycles. The summed E-state index contributed by atoms with van der Waals surface area (Å²) in [6, 6.07) is 7.76. The van der Waals surface area contributed by atoms with Gasteiger partial charge in [0, 0.05) is 48.2 Å². The highest BCUT2D eigenvalue weighted by atomic mass is 35.5. The largest absolute Gasteiger partial charge is 0.391 e. The van der Waals surface area contributed by atoms with Crippen LogP contribution in [0.2, 0.25) is 5.02 Å². The molecular weight excluding hydrogens is 276 g/mol. The number of halogens is 1. The maximum atomic E-state index is 12.1. The predicted molar refractivity (Wildman–Crippen MR) is 78.8 cm³/mol. The number of hydrogen-bond acceptors (Lipinski definition) is 2. The lowest BCUT2D eigenvalue weighted by Crippen LogP contribution is -2.30. The minimum Gasteiger partial charge on any atom is -0.391 e. The van der Waals surface area contributed by atoms with E-state index in [0.29, 0.717) is 32.5 Å². The molecule has 3 rings (SSSR count). The maximum Gasteiger partial charge on any atom is 0.224 e. The molecular formula is C15H17ClN2O2. The van der Waals surface area contributed by atoms with Gasteiger partial charge in [0.25, 0.3) is 0 Å². The predicted octanol–water partition coefficient (Wildman–Crippen LogP) is 2.28. The first-order valence-electron chi connectivity index (χ1n) is 6.84. The zero-order chi connectivity index (χ0) is 14.1. The van der Waals surface area contributed by atoms with Gasteiger partial charge >= 0.3 is 0 Å². The minimum absolute atomic E-state index is 0.109. The van der Waals surface area contributed by atoms with E-state index in [9.17, 15) is 9.90 Å². The fourth-order valence-corrected chi connectivity index (χ4v) is 2.89. The van der Waals surface area contributed by atoms with Crippen LogP contribution in [0.5, 0.6) is 0 Å². The summed E-state index contributed by atoms with van der Waals surface area (Å²) in [5.74, 6) is 0.109. The van der Waals surface area contributed by atoms with Crippen LogP contribution in [0.15, 0.2) is 30.5 Å². The topological polar surface area (TPSA) is 45.5 Å². The first-order chi connectivity index (χ1) is 9.63. The summed E-state index contributed by atoms with van der Waals surface area (Å²) in [6.07, 6.45) is 2.77. The van der Waals surface area contributed by atoms with Gasteiger partial charge in [-0.25, -0.2) is 0 Å². The molecule has 0 unspecified atom stereocenters. The van der Waals surface area contributed by atoms with Gasteiger partial charge in [-0.15, -0.1) is 0 Å². The molecule has 1 atom stereocenters. The SMILES string of the molecule is O=C(CCn1ccc2cc(Cl)ccc21)N1CC[C@@H](O)C1. The number of carbonyl (C=O) groups is 1. The second-order valence-electron chi connectivity index (χ2n) is 5.24. The van der Waals surface area contributed by atoms with E-state index in [1.165, 1.54) is 0 Å². The van der Waals surface area contributed by atoms with Crippen LogP contribution in [0, 0.1) is 0 Å². The second-order valence-corrected chi connectivity index (χ2v) is 5.68. The van der Waals surface area contributed by atoms with Crippen LogP contribution in [0.3, 0.4) is 0 Å². The lowest BCUT2D eigenvalue weighted by Gasteiger charge is -2.15.